The predicted molar refractivity (Wildman–Crippen MR) is 183 cm³/mol. The van der Waals surface area contributed by atoms with Gasteiger partial charge in [-0.15, -0.1) is 0 Å². The Morgan fingerprint density at radius 3 is 2.17 bits per heavy atom. The Morgan fingerprint density at radius 1 is 0.913 bits per heavy atom. The zero-order valence-corrected chi connectivity index (χ0v) is 28.9. The summed E-state index contributed by atoms with van der Waals surface area (Å²) in [5.74, 6) is 0.638. The first kappa shape index (κ1) is 35.6. The second-order valence-corrected chi connectivity index (χ2v) is 14.3. The maximum Gasteiger partial charge on any atom is 0.410 e. The number of esters is 1. The minimum absolute atomic E-state index is 0.129. The van der Waals surface area contributed by atoms with Crippen molar-refractivity contribution in [3.63, 3.8) is 0 Å². The van der Waals surface area contributed by atoms with Crippen LogP contribution in [-0.2, 0) is 15.9 Å². The van der Waals surface area contributed by atoms with Gasteiger partial charge in [0.1, 0.15) is 5.60 Å². The molecule has 1 aliphatic carbocycles. The van der Waals surface area contributed by atoms with Gasteiger partial charge in [0.15, 0.2) is 5.78 Å². The first-order chi connectivity index (χ1) is 21.9. The van der Waals surface area contributed by atoms with Crippen molar-refractivity contribution in [2.75, 3.05) is 53.4 Å². The molecule has 1 amide bonds. The van der Waals surface area contributed by atoms with E-state index in [-0.39, 0.29) is 29.8 Å². The van der Waals surface area contributed by atoms with Crippen LogP contribution in [0.25, 0.3) is 0 Å². The summed E-state index contributed by atoms with van der Waals surface area (Å²) >= 11 is 0. The Hall–Kier alpha value is -3.23. The number of amides is 1. The molecule has 1 saturated heterocycles. The number of rotatable bonds is 15. The number of hydrogen-bond donors (Lipinski definition) is 0. The van der Waals surface area contributed by atoms with Crippen molar-refractivity contribution in [2.24, 2.45) is 5.92 Å². The van der Waals surface area contributed by atoms with E-state index in [9.17, 15) is 14.4 Å². The number of piperidine rings is 1. The molecule has 0 radical (unpaired) electrons. The number of ether oxygens (including phenoxy) is 2. The zero-order chi connectivity index (χ0) is 33.3. The van der Waals surface area contributed by atoms with Crippen molar-refractivity contribution in [3.05, 3.63) is 70.8 Å². The highest BCUT2D eigenvalue weighted by molar-refractivity contribution is 5.96. The first-order valence-electron chi connectivity index (χ1n) is 17.2. The van der Waals surface area contributed by atoms with Gasteiger partial charge in [-0.05, 0) is 136 Å². The first-order valence-corrected chi connectivity index (χ1v) is 17.2. The van der Waals surface area contributed by atoms with E-state index in [2.05, 4.69) is 21.9 Å². The van der Waals surface area contributed by atoms with Crippen LogP contribution in [0.2, 0.25) is 0 Å². The van der Waals surface area contributed by atoms with Crippen LogP contribution in [0.15, 0.2) is 48.5 Å². The molecule has 2 aromatic rings. The molecule has 252 valence electrons. The predicted octanol–water partition coefficient (Wildman–Crippen LogP) is 6.83. The van der Waals surface area contributed by atoms with Gasteiger partial charge < -0.3 is 24.2 Å². The molecule has 2 aliphatic rings. The lowest BCUT2D eigenvalue weighted by atomic mass is 9.95. The van der Waals surface area contributed by atoms with E-state index in [1.165, 1.54) is 11.1 Å². The molecule has 2 atom stereocenters. The summed E-state index contributed by atoms with van der Waals surface area (Å²) in [4.78, 5) is 44.6. The molecule has 0 spiro atoms. The topological polar surface area (TPSA) is 79.4 Å². The normalized spacial score (nSPS) is 18.8. The highest BCUT2D eigenvalue weighted by Gasteiger charge is 2.46. The summed E-state index contributed by atoms with van der Waals surface area (Å²) in [6.45, 7) is 12.7. The van der Waals surface area contributed by atoms with Crippen LogP contribution >= 0.6 is 0 Å². The number of aryl methyl sites for hydroxylation is 1. The standard InChI is InChI=1S/C38H55N3O5/c1-7-45-36(43)32-14-12-28(13-15-32)10-8-23-40-24-20-29(21-25-40)27-41(37(44)46-38(2,3)4)34-26-33(34)30-16-18-31(19-17-30)35(42)11-9-22-39(5)6/h12-19,29,33-34H,7-11,20-27H2,1-6H3. The summed E-state index contributed by atoms with van der Waals surface area (Å²) in [5.41, 5.74) is 3.24. The molecular weight excluding hydrogens is 578 g/mol. The Morgan fingerprint density at radius 2 is 1.57 bits per heavy atom. The van der Waals surface area contributed by atoms with E-state index in [4.69, 9.17) is 9.47 Å². The number of hydrogen-bond acceptors (Lipinski definition) is 7. The molecule has 8 heteroatoms. The van der Waals surface area contributed by atoms with E-state index in [1.54, 1.807) is 0 Å². The third-order valence-corrected chi connectivity index (χ3v) is 9.02. The van der Waals surface area contributed by atoms with E-state index < -0.39 is 5.60 Å². The van der Waals surface area contributed by atoms with Gasteiger partial charge in [0, 0.05) is 30.5 Å². The third kappa shape index (κ3) is 10.9. The van der Waals surface area contributed by atoms with Crippen molar-refractivity contribution in [3.8, 4) is 0 Å². The monoisotopic (exact) mass is 633 g/mol. The molecule has 0 aromatic heterocycles. The summed E-state index contributed by atoms with van der Waals surface area (Å²) < 4.78 is 11.0. The van der Waals surface area contributed by atoms with Crippen molar-refractivity contribution in [2.45, 2.75) is 90.2 Å². The average molecular weight is 634 g/mol. The van der Waals surface area contributed by atoms with Crippen molar-refractivity contribution in [1.29, 1.82) is 0 Å². The third-order valence-electron chi connectivity index (χ3n) is 9.02. The Kier molecular flexibility index (Phi) is 12.8. The van der Waals surface area contributed by atoms with Gasteiger partial charge >= 0.3 is 12.1 Å². The fraction of sp³-hybridized carbons (Fsp3) is 0.605. The lowest BCUT2D eigenvalue weighted by Crippen LogP contribution is -2.44. The molecule has 1 aliphatic heterocycles. The highest BCUT2D eigenvalue weighted by atomic mass is 16.6. The maximum atomic E-state index is 13.4. The zero-order valence-electron chi connectivity index (χ0n) is 28.9. The molecule has 1 heterocycles. The lowest BCUT2D eigenvalue weighted by molar-refractivity contribution is 0.0171. The van der Waals surface area contributed by atoms with E-state index in [0.717, 1.165) is 76.8 Å². The molecule has 2 fully saturated rings. The van der Waals surface area contributed by atoms with Gasteiger partial charge in [-0.3, -0.25) is 4.79 Å². The van der Waals surface area contributed by atoms with Gasteiger partial charge in [0.25, 0.3) is 0 Å². The van der Waals surface area contributed by atoms with E-state index in [1.807, 2.05) is 83.1 Å². The van der Waals surface area contributed by atoms with Crippen LogP contribution < -0.4 is 0 Å². The molecule has 2 unspecified atom stereocenters. The molecule has 0 bridgehead atoms. The highest BCUT2D eigenvalue weighted by Crippen LogP contribution is 2.46. The van der Waals surface area contributed by atoms with E-state index >= 15 is 0 Å². The van der Waals surface area contributed by atoms with Crippen LogP contribution in [0.4, 0.5) is 4.79 Å². The molecule has 2 aromatic carbocycles. The van der Waals surface area contributed by atoms with Crippen LogP contribution in [0, 0.1) is 5.92 Å². The average Bonchev–Trinajstić information content (AvgIpc) is 3.80. The molecule has 46 heavy (non-hydrogen) atoms. The summed E-state index contributed by atoms with van der Waals surface area (Å²) in [6, 6.07) is 15.9. The molecular formula is C38H55N3O5. The van der Waals surface area contributed by atoms with Crippen LogP contribution in [-0.4, -0.2) is 97.6 Å². The van der Waals surface area contributed by atoms with Crippen molar-refractivity contribution in [1.82, 2.24) is 14.7 Å². The van der Waals surface area contributed by atoms with E-state index in [0.29, 0.717) is 24.5 Å². The molecule has 1 saturated carbocycles. The SMILES string of the molecule is CCOC(=O)c1ccc(CCCN2CCC(CN(C(=O)OC(C)(C)C)C3CC3c3ccc(C(=O)CCCN(C)C)cc3)CC2)cc1. The Labute approximate surface area is 276 Å². The molecule has 8 nitrogen and oxygen atoms in total. The van der Waals surface area contributed by atoms with Crippen molar-refractivity contribution < 1.29 is 23.9 Å². The maximum absolute atomic E-state index is 13.4. The smallest absolute Gasteiger partial charge is 0.410 e. The Balaban J connectivity index is 1.26. The molecule has 4 rings (SSSR count). The largest absolute Gasteiger partial charge is 0.462 e. The lowest BCUT2D eigenvalue weighted by Gasteiger charge is -2.36. The Bertz CT molecular complexity index is 1280. The number of nitrogens with zero attached hydrogens (tertiary/aromatic N) is 3. The minimum atomic E-state index is -0.545. The number of Topliss-reactive ketones (excluding diaryl/α,β-unsaturated/α-hetero) is 1. The number of carbonyl (C=O) groups is 3. The van der Waals surface area contributed by atoms with Gasteiger partial charge in [-0.2, -0.15) is 0 Å². The van der Waals surface area contributed by atoms with Crippen LogP contribution in [0.3, 0.4) is 0 Å². The van der Waals surface area contributed by atoms with Gasteiger partial charge in [0.05, 0.1) is 12.2 Å². The fourth-order valence-corrected chi connectivity index (χ4v) is 6.37. The second-order valence-electron chi connectivity index (χ2n) is 14.3. The number of benzene rings is 2. The van der Waals surface area contributed by atoms with Gasteiger partial charge in [0.2, 0.25) is 0 Å². The summed E-state index contributed by atoms with van der Waals surface area (Å²) in [6.07, 6.45) is 6.29. The van der Waals surface area contributed by atoms with Gasteiger partial charge in [-0.1, -0.05) is 36.4 Å². The fourth-order valence-electron chi connectivity index (χ4n) is 6.37. The van der Waals surface area contributed by atoms with Crippen LogP contribution in [0.1, 0.15) is 104 Å². The summed E-state index contributed by atoms with van der Waals surface area (Å²) in [5, 5.41) is 0. The summed E-state index contributed by atoms with van der Waals surface area (Å²) in [7, 11) is 4.05. The quantitative estimate of drug-likeness (QED) is 0.157. The number of ketones is 1. The molecule has 0 N–H and O–H groups in total. The van der Waals surface area contributed by atoms with Crippen LogP contribution in [0.5, 0.6) is 0 Å². The van der Waals surface area contributed by atoms with Crippen molar-refractivity contribution >= 4 is 17.8 Å². The second kappa shape index (κ2) is 16.6. The number of carbonyl (C=O) groups excluding carboxylic acids is 3. The van der Waals surface area contributed by atoms with Gasteiger partial charge in [-0.25, -0.2) is 9.59 Å². The number of likely N-dealkylation sites (tertiary alicyclic amines) is 1. The minimum Gasteiger partial charge on any atom is -0.462 e.